The van der Waals surface area contributed by atoms with E-state index in [1.54, 1.807) is 0 Å². The number of rotatable bonds is 5. The van der Waals surface area contributed by atoms with E-state index < -0.39 is 0 Å². The van der Waals surface area contributed by atoms with Gasteiger partial charge in [-0.05, 0) is 24.6 Å². The first-order valence-electron chi connectivity index (χ1n) is 3.86. The van der Waals surface area contributed by atoms with Gasteiger partial charge < -0.3 is 15.4 Å². The lowest BCUT2D eigenvalue weighted by Crippen LogP contribution is -2.15. The first-order valence-corrected chi connectivity index (χ1v) is 3.86. The molecule has 0 aliphatic heterocycles. The standard InChI is InChI=1S/C8H14N2O/c11-5-1-3-9-6-8-2-4-10-7-8/h2,4,7,9-11H,1,3,5-6H2. The van der Waals surface area contributed by atoms with E-state index in [1.807, 2.05) is 18.5 Å². The van der Waals surface area contributed by atoms with Gasteiger partial charge in [-0.15, -0.1) is 0 Å². The molecule has 0 spiro atoms. The second-order valence-corrected chi connectivity index (χ2v) is 2.47. The van der Waals surface area contributed by atoms with Crippen LogP contribution in [0, 0.1) is 0 Å². The average molecular weight is 154 g/mol. The molecule has 0 saturated heterocycles. The molecule has 0 amide bonds. The van der Waals surface area contributed by atoms with Gasteiger partial charge in [-0.3, -0.25) is 0 Å². The summed E-state index contributed by atoms with van der Waals surface area (Å²) in [4.78, 5) is 2.98. The van der Waals surface area contributed by atoms with Crippen LogP contribution in [0.3, 0.4) is 0 Å². The highest BCUT2D eigenvalue weighted by molar-refractivity contribution is 5.07. The zero-order valence-corrected chi connectivity index (χ0v) is 6.51. The van der Waals surface area contributed by atoms with Crippen LogP contribution in [0.25, 0.3) is 0 Å². The third-order valence-corrected chi connectivity index (χ3v) is 1.50. The van der Waals surface area contributed by atoms with E-state index in [0.29, 0.717) is 0 Å². The quantitative estimate of drug-likeness (QED) is 0.540. The van der Waals surface area contributed by atoms with Gasteiger partial charge in [0.25, 0.3) is 0 Å². The lowest BCUT2D eigenvalue weighted by Gasteiger charge is -1.99. The van der Waals surface area contributed by atoms with Crippen LogP contribution in [-0.2, 0) is 6.54 Å². The fraction of sp³-hybridized carbons (Fsp3) is 0.500. The topological polar surface area (TPSA) is 48.0 Å². The number of hydrogen-bond acceptors (Lipinski definition) is 2. The number of aromatic nitrogens is 1. The zero-order valence-electron chi connectivity index (χ0n) is 6.51. The van der Waals surface area contributed by atoms with Crippen LogP contribution < -0.4 is 5.32 Å². The van der Waals surface area contributed by atoms with Crippen LogP contribution in [-0.4, -0.2) is 23.2 Å². The number of aliphatic hydroxyl groups is 1. The SMILES string of the molecule is OCCCNCc1cc[nH]c1. The summed E-state index contributed by atoms with van der Waals surface area (Å²) in [7, 11) is 0. The largest absolute Gasteiger partial charge is 0.396 e. The van der Waals surface area contributed by atoms with Crippen LogP contribution in [0.5, 0.6) is 0 Å². The number of nitrogens with one attached hydrogen (secondary N) is 2. The summed E-state index contributed by atoms with van der Waals surface area (Å²) in [6.45, 7) is 2.02. The number of aliphatic hydroxyl groups excluding tert-OH is 1. The normalized spacial score (nSPS) is 10.3. The van der Waals surface area contributed by atoms with Gasteiger partial charge in [0, 0.05) is 25.5 Å². The van der Waals surface area contributed by atoms with Gasteiger partial charge in [0.2, 0.25) is 0 Å². The first-order chi connectivity index (χ1) is 5.43. The summed E-state index contributed by atoms with van der Waals surface area (Å²) >= 11 is 0. The van der Waals surface area contributed by atoms with Crippen molar-refractivity contribution in [3.8, 4) is 0 Å². The average Bonchev–Trinajstić information content (AvgIpc) is 2.50. The second kappa shape index (κ2) is 4.93. The lowest BCUT2D eigenvalue weighted by molar-refractivity contribution is 0.286. The van der Waals surface area contributed by atoms with Gasteiger partial charge in [-0.25, -0.2) is 0 Å². The molecule has 1 rings (SSSR count). The zero-order chi connectivity index (χ0) is 7.94. The van der Waals surface area contributed by atoms with E-state index in [0.717, 1.165) is 19.5 Å². The van der Waals surface area contributed by atoms with Gasteiger partial charge in [-0.2, -0.15) is 0 Å². The lowest BCUT2D eigenvalue weighted by atomic mass is 10.3. The molecule has 62 valence electrons. The molecule has 3 nitrogen and oxygen atoms in total. The molecule has 3 N–H and O–H groups in total. The van der Waals surface area contributed by atoms with Crippen molar-refractivity contribution in [3.05, 3.63) is 24.0 Å². The molecule has 0 aliphatic rings. The number of hydrogen-bond donors (Lipinski definition) is 3. The summed E-state index contributed by atoms with van der Waals surface area (Å²) < 4.78 is 0. The van der Waals surface area contributed by atoms with Crippen molar-refractivity contribution in [2.45, 2.75) is 13.0 Å². The van der Waals surface area contributed by atoms with E-state index in [9.17, 15) is 0 Å². The predicted molar refractivity (Wildman–Crippen MR) is 44.2 cm³/mol. The fourth-order valence-electron chi connectivity index (χ4n) is 0.905. The minimum absolute atomic E-state index is 0.264. The molecule has 0 fully saturated rings. The molecule has 11 heavy (non-hydrogen) atoms. The Labute approximate surface area is 66.4 Å². The maximum absolute atomic E-state index is 8.48. The summed E-state index contributed by atoms with van der Waals surface area (Å²) in [6, 6.07) is 2.03. The monoisotopic (exact) mass is 154 g/mol. The molecule has 3 heteroatoms. The molecule has 1 aromatic rings. The van der Waals surface area contributed by atoms with E-state index in [-0.39, 0.29) is 6.61 Å². The van der Waals surface area contributed by atoms with Crippen molar-refractivity contribution < 1.29 is 5.11 Å². The smallest absolute Gasteiger partial charge is 0.0443 e. The Hall–Kier alpha value is -0.800. The molecule has 0 bridgehead atoms. The molecular formula is C8H14N2O. The van der Waals surface area contributed by atoms with E-state index in [4.69, 9.17) is 5.11 Å². The van der Waals surface area contributed by atoms with Crippen molar-refractivity contribution in [3.63, 3.8) is 0 Å². The van der Waals surface area contributed by atoms with Gasteiger partial charge in [0.1, 0.15) is 0 Å². The summed E-state index contributed by atoms with van der Waals surface area (Å²) in [5.41, 5.74) is 1.25. The highest BCUT2D eigenvalue weighted by Crippen LogP contribution is 1.94. The maximum atomic E-state index is 8.48. The van der Waals surface area contributed by atoms with Crippen LogP contribution >= 0.6 is 0 Å². The molecule has 0 unspecified atom stereocenters. The molecule has 0 aliphatic carbocycles. The minimum atomic E-state index is 0.264. The first kappa shape index (κ1) is 8.30. The second-order valence-electron chi connectivity index (χ2n) is 2.47. The Bertz CT molecular complexity index is 172. The van der Waals surface area contributed by atoms with Gasteiger partial charge in [0.15, 0.2) is 0 Å². The summed E-state index contributed by atoms with van der Waals surface area (Å²) in [5, 5.41) is 11.7. The minimum Gasteiger partial charge on any atom is -0.396 e. The van der Waals surface area contributed by atoms with Crippen molar-refractivity contribution >= 4 is 0 Å². The summed E-state index contributed by atoms with van der Waals surface area (Å²) in [6.07, 6.45) is 4.69. The van der Waals surface area contributed by atoms with Gasteiger partial charge >= 0.3 is 0 Å². The van der Waals surface area contributed by atoms with Crippen molar-refractivity contribution in [1.29, 1.82) is 0 Å². The maximum Gasteiger partial charge on any atom is 0.0443 e. The molecule has 1 aromatic heterocycles. The van der Waals surface area contributed by atoms with Crippen LogP contribution in [0.4, 0.5) is 0 Å². The fourth-order valence-corrected chi connectivity index (χ4v) is 0.905. The van der Waals surface area contributed by atoms with E-state index in [1.165, 1.54) is 5.56 Å². The van der Waals surface area contributed by atoms with E-state index >= 15 is 0 Å². The van der Waals surface area contributed by atoms with Gasteiger partial charge in [0.05, 0.1) is 0 Å². The van der Waals surface area contributed by atoms with Crippen LogP contribution in [0.2, 0.25) is 0 Å². The van der Waals surface area contributed by atoms with Crippen molar-refractivity contribution in [2.24, 2.45) is 0 Å². The van der Waals surface area contributed by atoms with Gasteiger partial charge in [-0.1, -0.05) is 0 Å². The highest BCUT2D eigenvalue weighted by Gasteiger charge is 1.90. The molecule has 0 aromatic carbocycles. The number of H-pyrrole nitrogens is 1. The third-order valence-electron chi connectivity index (χ3n) is 1.50. The molecule has 0 radical (unpaired) electrons. The molecular weight excluding hydrogens is 140 g/mol. The Balaban J connectivity index is 2.04. The highest BCUT2D eigenvalue weighted by atomic mass is 16.3. The Morgan fingerprint density at radius 3 is 3.09 bits per heavy atom. The van der Waals surface area contributed by atoms with E-state index in [2.05, 4.69) is 10.3 Å². The molecule has 1 heterocycles. The van der Waals surface area contributed by atoms with Crippen molar-refractivity contribution in [2.75, 3.05) is 13.2 Å². The Morgan fingerprint density at radius 1 is 1.55 bits per heavy atom. The Morgan fingerprint density at radius 2 is 2.45 bits per heavy atom. The Kier molecular flexibility index (Phi) is 3.72. The third kappa shape index (κ3) is 3.20. The predicted octanol–water partition coefficient (Wildman–Crippen LogP) is 0.487. The van der Waals surface area contributed by atoms with Crippen molar-refractivity contribution in [1.82, 2.24) is 10.3 Å². The van der Waals surface area contributed by atoms with Crippen LogP contribution in [0.1, 0.15) is 12.0 Å². The molecule has 0 atom stereocenters. The molecule has 0 saturated carbocycles. The van der Waals surface area contributed by atoms with Crippen LogP contribution in [0.15, 0.2) is 18.5 Å². The summed E-state index contributed by atoms with van der Waals surface area (Å²) in [5.74, 6) is 0. The number of aromatic amines is 1.